The highest BCUT2D eigenvalue weighted by molar-refractivity contribution is 5.81. The predicted molar refractivity (Wildman–Crippen MR) is 76.9 cm³/mol. The summed E-state index contributed by atoms with van der Waals surface area (Å²) in [4.78, 5) is 11.8. The molecule has 0 aliphatic carbocycles. The Balaban J connectivity index is 1.72. The first-order chi connectivity index (χ1) is 10.9. The molecule has 128 valence electrons. The van der Waals surface area contributed by atoms with E-state index in [0.717, 1.165) is 18.6 Å². The number of hydrogen-bond donors (Lipinski definition) is 2. The normalized spacial score (nSPS) is 21.2. The summed E-state index contributed by atoms with van der Waals surface area (Å²) in [6.07, 6.45) is -3.66. The minimum atomic E-state index is -4.41. The fourth-order valence-corrected chi connectivity index (χ4v) is 2.29. The summed E-state index contributed by atoms with van der Waals surface area (Å²) in [6.45, 7) is 0.630. The third-order valence-corrected chi connectivity index (χ3v) is 3.49. The fraction of sp³-hybridized carbons (Fsp3) is 0.533. The summed E-state index contributed by atoms with van der Waals surface area (Å²) < 4.78 is 48.3. The van der Waals surface area contributed by atoms with Gasteiger partial charge in [0.1, 0.15) is 18.5 Å². The molecule has 1 aromatic rings. The number of carbonyl (C=O) groups is 1. The van der Waals surface area contributed by atoms with Gasteiger partial charge in [0.25, 0.3) is 0 Å². The quantitative estimate of drug-likeness (QED) is 0.778. The second kappa shape index (κ2) is 7.65. The van der Waals surface area contributed by atoms with E-state index < -0.39 is 17.8 Å². The molecule has 0 bridgehead atoms. The van der Waals surface area contributed by atoms with Crippen molar-refractivity contribution >= 4 is 5.91 Å². The minimum absolute atomic E-state index is 0.0695. The maximum Gasteiger partial charge on any atom is 0.416 e. The summed E-state index contributed by atoms with van der Waals surface area (Å²) in [7, 11) is 0. The van der Waals surface area contributed by atoms with Crippen LogP contribution in [0.2, 0.25) is 0 Å². The van der Waals surface area contributed by atoms with Gasteiger partial charge < -0.3 is 20.5 Å². The van der Waals surface area contributed by atoms with Crippen molar-refractivity contribution in [3.05, 3.63) is 29.8 Å². The fourth-order valence-electron chi connectivity index (χ4n) is 2.29. The highest BCUT2D eigenvalue weighted by Crippen LogP contribution is 2.31. The van der Waals surface area contributed by atoms with Gasteiger partial charge in [0, 0.05) is 6.54 Å². The Morgan fingerprint density at radius 3 is 2.83 bits per heavy atom. The Morgan fingerprint density at radius 1 is 1.39 bits per heavy atom. The molecule has 1 saturated heterocycles. The zero-order valence-electron chi connectivity index (χ0n) is 12.4. The van der Waals surface area contributed by atoms with E-state index in [1.165, 1.54) is 12.1 Å². The molecule has 0 radical (unpaired) electrons. The smallest absolute Gasteiger partial charge is 0.416 e. The summed E-state index contributed by atoms with van der Waals surface area (Å²) in [5, 5.41) is 2.63. The molecule has 1 fully saturated rings. The molecule has 1 aliphatic rings. The third-order valence-electron chi connectivity index (χ3n) is 3.49. The number of halogens is 3. The van der Waals surface area contributed by atoms with E-state index in [1.54, 1.807) is 0 Å². The van der Waals surface area contributed by atoms with Crippen LogP contribution in [0.5, 0.6) is 5.75 Å². The first kappa shape index (κ1) is 17.6. The van der Waals surface area contributed by atoms with Crippen LogP contribution in [-0.4, -0.2) is 37.8 Å². The third kappa shape index (κ3) is 5.11. The van der Waals surface area contributed by atoms with Crippen molar-refractivity contribution in [2.24, 2.45) is 5.73 Å². The molecule has 1 aliphatic heterocycles. The van der Waals surface area contributed by atoms with Crippen molar-refractivity contribution in [2.75, 3.05) is 19.7 Å². The molecule has 2 rings (SSSR count). The average Bonchev–Trinajstić information content (AvgIpc) is 3.00. The average molecular weight is 332 g/mol. The maximum atomic E-state index is 12.6. The van der Waals surface area contributed by atoms with Gasteiger partial charge in [-0.05, 0) is 31.0 Å². The lowest BCUT2D eigenvalue weighted by Gasteiger charge is -2.13. The number of amides is 1. The van der Waals surface area contributed by atoms with Crippen molar-refractivity contribution < 1.29 is 27.4 Å². The molecule has 0 spiro atoms. The van der Waals surface area contributed by atoms with E-state index in [9.17, 15) is 18.0 Å². The molecular weight excluding hydrogens is 313 g/mol. The minimum Gasteiger partial charge on any atom is -0.492 e. The summed E-state index contributed by atoms with van der Waals surface area (Å²) in [5.41, 5.74) is 4.70. The van der Waals surface area contributed by atoms with Crippen LogP contribution in [0.15, 0.2) is 24.3 Å². The maximum absolute atomic E-state index is 12.6. The number of alkyl halides is 3. The predicted octanol–water partition coefficient (Wildman–Crippen LogP) is 1.71. The highest BCUT2D eigenvalue weighted by Gasteiger charge is 2.31. The molecule has 8 heteroatoms. The highest BCUT2D eigenvalue weighted by atomic mass is 19.4. The molecule has 0 unspecified atom stereocenters. The van der Waals surface area contributed by atoms with Gasteiger partial charge in [0.15, 0.2) is 0 Å². The number of carbonyl (C=O) groups excluding carboxylic acids is 1. The van der Waals surface area contributed by atoms with Gasteiger partial charge in [-0.15, -0.1) is 0 Å². The molecule has 5 nitrogen and oxygen atoms in total. The van der Waals surface area contributed by atoms with Crippen molar-refractivity contribution in [1.82, 2.24) is 5.32 Å². The van der Waals surface area contributed by atoms with Crippen molar-refractivity contribution in [1.29, 1.82) is 0 Å². The van der Waals surface area contributed by atoms with Crippen LogP contribution < -0.4 is 15.8 Å². The van der Waals surface area contributed by atoms with Crippen LogP contribution in [0.3, 0.4) is 0 Å². The van der Waals surface area contributed by atoms with E-state index in [-0.39, 0.29) is 30.9 Å². The Hall–Kier alpha value is -1.80. The van der Waals surface area contributed by atoms with Gasteiger partial charge in [0.05, 0.1) is 18.2 Å². The largest absolute Gasteiger partial charge is 0.492 e. The standard InChI is InChI=1S/C15H19F3N2O3/c16-15(17,18)10-2-1-3-11(8-10)22-7-6-20-14(21)13-5-4-12(9-19)23-13/h1-3,8,12-13H,4-7,9,19H2,(H,20,21)/t12-,13+/m1/s1. The molecule has 0 aromatic heterocycles. The number of rotatable bonds is 6. The van der Waals surface area contributed by atoms with E-state index >= 15 is 0 Å². The molecule has 1 aromatic carbocycles. The van der Waals surface area contributed by atoms with Crippen molar-refractivity contribution in [3.63, 3.8) is 0 Å². The SMILES string of the molecule is NC[C@H]1CC[C@@H](C(=O)NCCOc2cccc(C(F)(F)F)c2)O1. The van der Waals surface area contributed by atoms with Gasteiger partial charge >= 0.3 is 6.18 Å². The van der Waals surface area contributed by atoms with Crippen LogP contribution in [-0.2, 0) is 15.7 Å². The number of nitrogens with two attached hydrogens (primary N) is 1. The second-order valence-corrected chi connectivity index (χ2v) is 5.22. The van der Waals surface area contributed by atoms with E-state index in [0.29, 0.717) is 13.0 Å². The van der Waals surface area contributed by atoms with E-state index in [2.05, 4.69) is 5.32 Å². The number of hydrogen-bond acceptors (Lipinski definition) is 4. The lowest BCUT2D eigenvalue weighted by atomic mass is 10.2. The van der Waals surface area contributed by atoms with Crippen LogP contribution in [0, 0.1) is 0 Å². The Morgan fingerprint density at radius 2 is 2.17 bits per heavy atom. The van der Waals surface area contributed by atoms with Gasteiger partial charge in [-0.25, -0.2) is 0 Å². The van der Waals surface area contributed by atoms with Crippen LogP contribution in [0.4, 0.5) is 13.2 Å². The first-order valence-electron chi connectivity index (χ1n) is 7.33. The van der Waals surface area contributed by atoms with Gasteiger partial charge in [0.2, 0.25) is 5.91 Å². The Kier molecular flexibility index (Phi) is 5.84. The molecule has 1 heterocycles. The second-order valence-electron chi connectivity index (χ2n) is 5.22. The lowest BCUT2D eigenvalue weighted by molar-refractivity contribution is -0.137. The van der Waals surface area contributed by atoms with Gasteiger partial charge in [-0.3, -0.25) is 4.79 Å². The molecule has 2 atom stereocenters. The zero-order valence-corrected chi connectivity index (χ0v) is 12.4. The monoisotopic (exact) mass is 332 g/mol. The topological polar surface area (TPSA) is 73.6 Å². The molecule has 23 heavy (non-hydrogen) atoms. The first-order valence-corrected chi connectivity index (χ1v) is 7.33. The van der Waals surface area contributed by atoms with Crippen LogP contribution in [0.1, 0.15) is 18.4 Å². The molecule has 1 amide bonds. The summed E-state index contributed by atoms with van der Waals surface area (Å²) >= 11 is 0. The molecule has 3 N–H and O–H groups in total. The number of ether oxygens (including phenoxy) is 2. The van der Waals surface area contributed by atoms with Crippen LogP contribution in [0.25, 0.3) is 0 Å². The summed E-state index contributed by atoms with van der Waals surface area (Å²) in [6, 6.07) is 4.60. The van der Waals surface area contributed by atoms with E-state index in [4.69, 9.17) is 15.2 Å². The van der Waals surface area contributed by atoms with Crippen molar-refractivity contribution in [3.8, 4) is 5.75 Å². The van der Waals surface area contributed by atoms with E-state index in [1.807, 2.05) is 0 Å². The van der Waals surface area contributed by atoms with Crippen molar-refractivity contribution in [2.45, 2.75) is 31.2 Å². The van der Waals surface area contributed by atoms with Crippen LogP contribution >= 0.6 is 0 Å². The Labute approximate surface area is 131 Å². The summed E-state index contributed by atoms with van der Waals surface area (Å²) in [5.74, 6) is -0.150. The molecule has 0 saturated carbocycles. The van der Waals surface area contributed by atoms with Gasteiger partial charge in [-0.1, -0.05) is 6.07 Å². The van der Waals surface area contributed by atoms with Gasteiger partial charge in [-0.2, -0.15) is 13.2 Å². The number of nitrogens with one attached hydrogen (secondary N) is 1. The molecular formula is C15H19F3N2O3. The zero-order chi connectivity index (χ0) is 16.9. The Bertz CT molecular complexity index is 537. The number of benzene rings is 1. The lowest BCUT2D eigenvalue weighted by Crippen LogP contribution is -2.37.